The first-order chi connectivity index (χ1) is 10.7. The van der Waals surface area contributed by atoms with Crippen LogP contribution in [0.2, 0.25) is 0 Å². The molecule has 0 spiro atoms. The number of nitrogens with zero attached hydrogens (tertiary/aromatic N) is 1. The lowest BCUT2D eigenvalue weighted by molar-refractivity contribution is 0.265. The molecule has 3 N–H and O–H groups in total. The van der Waals surface area contributed by atoms with Crippen molar-refractivity contribution in [3.05, 3.63) is 58.0 Å². The van der Waals surface area contributed by atoms with Gasteiger partial charge in [-0.25, -0.2) is 0 Å². The van der Waals surface area contributed by atoms with E-state index >= 15 is 0 Å². The number of rotatable bonds is 7. The van der Waals surface area contributed by atoms with E-state index in [-0.39, 0.29) is 24.4 Å². The summed E-state index contributed by atoms with van der Waals surface area (Å²) in [5.74, 6) is 1.00. The third-order valence-electron chi connectivity index (χ3n) is 3.27. The van der Waals surface area contributed by atoms with E-state index in [0.717, 1.165) is 11.3 Å². The van der Waals surface area contributed by atoms with Gasteiger partial charge in [-0.1, -0.05) is 12.1 Å². The molecule has 0 saturated heterocycles. The Morgan fingerprint density at radius 1 is 1.27 bits per heavy atom. The van der Waals surface area contributed by atoms with Crippen molar-refractivity contribution in [2.75, 3.05) is 13.7 Å². The summed E-state index contributed by atoms with van der Waals surface area (Å²) in [4.78, 5) is 12.0. The van der Waals surface area contributed by atoms with Gasteiger partial charge in [0.05, 0.1) is 19.9 Å². The van der Waals surface area contributed by atoms with Crippen LogP contribution in [0.3, 0.4) is 0 Å². The molecular weight excluding hydrogens is 284 g/mol. The van der Waals surface area contributed by atoms with Crippen LogP contribution >= 0.6 is 0 Å². The summed E-state index contributed by atoms with van der Waals surface area (Å²) in [5, 5.41) is 9.26. The first kappa shape index (κ1) is 16.1. The van der Waals surface area contributed by atoms with Crippen LogP contribution in [0.5, 0.6) is 11.5 Å². The molecule has 0 bridgehead atoms. The normalized spacial score (nSPS) is 10.5. The largest absolute Gasteiger partial charge is 0.497 e. The van der Waals surface area contributed by atoms with Gasteiger partial charge in [0.25, 0.3) is 0 Å². The van der Waals surface area contributed by atoms with Gasteiger partial charge in [0, 0.05) is 24.8 Å². The van der Waals surface area contributed by atoms with E-state index in [1.54, 1.807) is 17.9 Å². The lowest BCUT2D eigenvalue weighted by Crippen LogP contribution is -2.19. The van der Waals surface area contributed by atoms with Crippen LogP contribution in [0, 0.1) is 0 Å². The Morgan fingerprint density at radius 2 is 2.00 bits per heavy atom. The number of hydrogen-bond acceptors (Lipinski definition) is 5. The predicted octanol–water partition coefficient (Wildman–Crippen LogP) is 0.887. The SMILES string of the molecule is COc1ccc(COc2cn(CCN)c(CO)cc2=O)cc1. The molecule has 118 valence electrons. The second-order valence-electron chi connectivity index (χ2n) is 4.77. The van der Waals surface area contributed by atoms with Gasteiger partial charge in [0.2, 0.25) is 5.43 Å². The van der Waals surface area contributed by atoms with Gasteiger partial charge in [-0.15, -0.1) is 0 Å². The summed E-state index contributed by atoms with van der Waals surface area (Å²) < 4.78 is 12.4. The number of aromatic nitrogens is 1. The van der Waals surface area contributed by atoms with Gasteiger partial charge in [0.15, 0.2) is 5.75 Å². The van der Waals surface area contributed by atoms with E-state index < -0.39 is 0 Å². The molecule has 0 atom stereocenters. The van der Waals surface area contributed by atoms with Crippen molar-refractivity contribution in [1.82, 2.24) is 4.57 Å². The molecule has 0 unspecified atom stereocenters. The molecule has 0 fully saturated rings. The highest BCUT2D eigenvalue weighted by molar-refractivity contribution is 5.28. The molecule has 1 heterocycles. The Balaban J connectivity index is 2.14. The number of pyridine rings is 1. The van der Waals surface area contributed by atoms with E-state index in [1.807, 2.05) is 24.3 Å². The molecule has 0 aliphatic carbocycles. The van der Waals surface area contributed by atoms with Gasteiger partial charge in [-0.3, -0.25) is 4.79 Å². The van der Waals surface area contributed by atoms with Crippen LogP contribution in [-0.2, 0) is 19.8 Å². The Kier molecular flexibility index (Phi) is 5.57. The minimum absolute atomic E-state index is 0.214. The summed E-state index contributed by atoms with van der Waals surface area (Å²) in [6.07, 6.45) is 1.59. The number of benzene rings is 1. The standard InChI is InChI=1S/C16H20N2O4/c1-21-14-4-2-12(3-5-14)11-22-16-9-18(7-6-17)13(10-19)8-15(16)20/h2-5,8-9,19H,6-7,10-11,17H2,1H3. The maximum atomic E-state index is 12.0. The smallest absolute Gasteiger partial charge is 0.223 e. The van der Waals surface area contributed by atoms with Gasteiger partial charge < -0.3 is 24.9 Å². The minimum atomic E-state index is -0.258. The minimum Gasteiger partial charge on any atom is -0.497 e. The van der Waals surface area contributed by atoms with Crippen LogP contribution in [-0.4, -0.2) is 23.3 Å². The zero-order valence-corrected chi connectivity index (χ0v) is 12.5. The van der Waals surface area contributed by atoms with Crippen molar-refractivity contribution in [3.8, 4) is 11.5 Å². The van der Waals surface area contributed by atoms with Crippen molar-refractivity contribution in [2.24, 2.45) is 5.73 Å². The molecule has 6 heteroatoms. The third kappa shape index (κ3) is 3.87. The van der Waals surface area contributed by atoms with Gasteiger partial charge in [-0.2, -0.15) is 0 Å². The van der Waals surface area contributed by atoms with Gasteiger partial charge in [-0.05, 0) is 17.7 Å². The second kappa shape index (κ2) is 7.63. The molecule has 0 aliphatic rings. The number of nitrogens with two attached hydrogens (primary N) is 1. The number of ether oxygens (including phenoxy) is 2. The fourth-order valence-corrected chi connectivity index (χ4v) is 2.07. The van der Waals surface area contributed by atoms with Crippen LogP contribution in [0.4, 0.5) is 0 Å². The Labute approximate surface area is 128 Å². The summed E-state index contributed by atoms with van der Waals surface area (Å²) in [6, 6.07) is 8.79. The van der Waals surface area contributed by atoms with E-state index in [9.17, 15) is 9.90 Å². The summed E-state index contributed by atoms with van der Waals surface area (Å²) in [5.41, 5.74) is 6.72. The topological polar surface area (TPSA) is 86.7 Å². The fraction of sp³-hybridized carbons (Fsp3) is 0.312. The van der Waals surface area contributed by atoms with E-state index in [0.29, 0.717) is 18.8 Å². The third-order valence-corrected chi connectivity index (χ3v) is 3.27. The molecular formula is C16H20N2O4. The maximum Gasteiger partial charge on any atom is 0.223 e. The molecule has 0 radical (unpaired) electrons. The molecule has 2 rings (SSSR count). The number of hydrogen-bond donors (Lipinski definition) is 2. The quantitative estimate of drug-likeness (QED) is 0.793. The molecule has 0 aliphatic heterocycles. The molecule has 0 amide bonds. The molecule has 22 heavy (non-hydrogen) atoms. The van der Waals surface area contributed by atoms with Gasteiger partial charge >= 0.3 is 0 Å². The zero-order valence-electron chi connectivity index (χ0n) is 12.5. The van der Waals surface area contributed by atoms with Crippen molar-refractivity contribution in [2.45, 2.75) is 19.8 Å². The second-order valence-corrected chi connectivity index (χ2v) is 4.77. The van der Waals surface area contributed by atoms with Crippen LogP contribution < -0.4 is 20.6 Å². The average molecular weight is 304 g/mol. The molecule has 1 aromatic carbocycles. The van der Waals surface area contributed by atoms with Crippen molar-refractivity contribution in [1.29, 1.82) is 0 Å². The lowest BCUT2D eigenvalue weighted by atomic mass is 10.2. The molecule has 1 aromatic heterocycles. The van der Waals surface area contributed by atoms with E-state index in [2.05, 4.69) is 0 Å². The van der Waals surface area contributed by atoms with Crippen LogP contribution in [0.1, 0.15) is 11.3 Å². The molecule has 2 aromatic rings. The van der Waals surface area contributed by atoms with E-state index in [4.69, 9.17) is 15.2 Å². The molecule has 6 nitrogen and oxygen atoms in total. The first-order valence-electron chi connectivity index (χ1n) is 6.98. The highest BCUT2D eigenvalue weighted by Crippen LogP contribution is 2.14. The molecule has 0 saturated carbocycles. The van der Waals surface area contributed by atoms with Crippen molar-refractivity contribution < 1.29 is 14.6 Å². The van der Waals surface area contributed by atoms with Gasteiger partial charge in [0.1, 0.15) is 12.4 Å². The number of aliphatic hydroxyl groups is 1. The van der Waals surface area contributed by atoms with Crippen LogP contribution in [0.25, 0.3) is 0 Å². The lowest BCUT2D eigenvalue weighted by Gasteiger charge is -2.13. The maximum absolute atomic E-state index is 12.0. The van der Waals surface area contributed by atoms with Crippen molar-refractivity contribution >= 4 is 0 Å². The monoisotopic (exact) mass is 304 g/mol. The number of methoxy groups -OCH3 is 1. The summed E-state index contributed by atoms with van der Waals surface area (Å²) in [6.45, 7) is 0.983. The Hall–Kier alpha value is -2.31. The average Bonchev–Trinajstić information content (AvgIpc) is 2.55. The highest BCUT2D eigenvalue weighted by Gasteiger charge is 2.07. The summed E-state index contributed by atoms with van der Waals surface area (Å²) in [7, 11) is 1.61. The zero-order chi connectivity index (χ0) is 15.9. The predicted molar refractivity (Wildman–Crippen MR) is 83.0 cm³/mol. The summed E-state index contributed by atoms with van der Waals surface area (Å²) >= 11 is 0. The van der Waals surface area contributed by atoms with E-state index in [1.165, 1.54) is 6.07 Å². The van der Waals surface area contributed by atoms with Crippen molar-refractivity contribution in [3.63, 3.8) is 0 Å². The Bertz CT molecular complexity index is 665. The Morgan fingerprint density at radius 3 is 2.59 bits per heavy atom. The van der Waals surface area contributed by atoms with Crippen LogP contribution in [0.15, 0.2) is 41.3 Å². The first-order valence-corrected chi connectivity index (χ1v) is 6.98. The number of aliphatic hydroxyl groups excluding tert-OH is 1. The highest BCUT2D eigenvalue weighted by atomic mass is 16.5. The fourth-order valence-electron chi connectivity index (χ4n) is 2.07.